The Morgan fingerprint density at radius 2 is 1.57 bits per heavy atom. The van der Waals surface area contributed by atoms with Gasteiger partial charge in [0, 0.05) is 44.3 Å². The first-order chi connectivity index (χ1) is 10.1. The average Bonchev–Trinajstić information content (AvgIpc) is 3.09. The van der Waals surface area contributed by atoms with Gasteiger partial charge in [0.15, 0.2) is 0 Å². The van der Waals surface area contributed by atoms with Crippen LogP contribution in [0.15, 0.2) is 0 Å². The summed E-state index contributed by atoms with van der Waals surface area (Å²) >= 11 is 0. The van der Waals surface area contributed by atoms with E-state index in [0.717, 1.165) is 18.6 Å². The summed E-state index contributed by atoms with van der Waals surface area (Å²) in [6, 6.07) is 2.36. The second-order valence-corrected chi connectivity index (χ2v) is 8.14. The summed E-state index contributed by atoms with van der Waals surface area (Å²) in [5.41, 5.74) is 0.462. The fourth-order valence-corrected chi connectivity index (χ4v) is 5.09. The lowest BCUT2D eigenvalue weighted by atomic mass is 9.86. The summed E-state index contributed by atoms with van der Waals surface area (Å²) in [6.07, 6.45) is 8.59. The van der Waals surface area contributed by atoms with Gasteiger partial charge in [-0.15, -0.1) is 0 Å². The lowest BCUT2D eigenvalue weighted by molar-refractivity contribution is 0.0566. The van der Waals surface area contributed by atoms with E-state index in [4.69, 9.17) is 0 Å². The van der Waals surface area contributed by atoms with Crippen LogP contribution in [0.2, 0.25) is 0 Å². The molecular formula is C18H35N3. The van der Waals surface area contributed by atoms with E-state index in [0.29, 0.717) is 11.5 Å². The van der Waals surface area contributed by atoms with Crippen LogP contribution in [0.4, 0.5) is 0 Å². The van der Waals surface area contributed by atoms with Crippen LogP contribution >= 0.6 is 0 Å². The second kappa shape index (κ2) is 6.55. The SMILES string of the molecule is CCNC1C(N2CCN(C3CCCC3)CC2)CCC1(C)C. The maximum Gasteiger partial charge on any atom is 0.0274 e. The van der Waals surface area contributed by atoms with Gasteiger partial charge < -0.3 is 5.32 Å². The molecule has 0 amide bonds. The smallest absolute Gasteiger partial charge is 0.0274 e. The predicted molar refractivity (Wildman–Crippen MR) is 89.7 cm³/mol. The Labute approximate surface area is 131 Å². The first kappa shape index (κ1) is 15.8. The predicted octanol–water partition coefficient (Wildman–Crippen LogP) is 2.71. The van der Waals surface area contributed by atoms with E-state index >= 15 is 0 Å². The Morgan fingerprint density at radius 1 is 0.952 bits per heavy atom. The van der Waals surface area contributed by atoms with Crippen LogP contribution in [-0.2, 0) is 0 Å². The molecule has 3 rings (SSSR count). The lowest BCUT2D eigenvalue weighted by Crippen LogP contribution is -2.58. The summed E-state index contributed by atoms with van der Waals surface area (Å²) in [7, 11) is 0. The van der Waals surface area contributed by atoms with Crippen molar-refractivity contribution in [2.45, 2.75) is 77.4 Å². The zero-order valence-corrected chi connectivity index (χ0v) is 14.4. The summed E-state index contributed by atoms with van der Waals surface area (Å²) < 4.78 is 0. The average molecular weight is 293 g/mol. The zero-order chi connectivity index (χ0) is 14.9. The number of rotatable bonds is 4. The summed E-state index contributed by atoms with van der Waals surface area (Å²) in [5, 5.41) is 3.79. The van der Waals surface area contributed by atoms with E-state index in [-0.39, 0.29) is 0 Å². The molecule has 3 heteroatoms. The largest absolute Gasteiger partial charge is 0.312 e. The molecule has 0 aromatic carbocycles. The minimum atomic E-state index is 0.462. The molecule has 3 fully saturated rings. The third kappa shape index (κ3) is 3.30. The van der Waals surface area contributed by atoms with E-state index in [9.17, 15) is 0 Å². The third-order valence-electron chi connectivity index (χ3n) is 6.39. The lowest BCUT2D eigenvalue weighted by Gasteiger charge is -2.43. The molecule has 0 aromatic heterocycles. The quantitative estimate of drug-likeness (QED) is 0.860. The minimum Gasteiger partial charge on any atom is -0.312 e. The van der Waals surface area contributed by atoms with Crippen LogP contribution < -0.4 is 5.32 Å². The maximum absolute atomic E-state index is 3.79. The van der Waals surface area contributed by atoms with Crippen LogP contribution in [0.5, 0.6) is 0 Å². The van der Waals surface area contributed by atoms with E-state index in [2.05, 4.69) is 35.9 Å². The number of hydrogen-bond acceptors (Lipinski definition) is 3. The van der Waals surface area contributed by atoms with Gasteiger partial charge in [-0.1, -0.05) is 33.6 Å². The van der Waals surface area contributed by atoms with Crippen LogP contribution in [0.3, 0.4) is 0 Å². The molecule has 21 heavy (non-hydrogen) atoms. The molecule has 2 atom stereocenters. The maximum atomic E-state index is 3.79. The molecule has 0 spiro atoms. The number of nitrogens with zero attached hydrogens (tertiary/aromatic N) is 2. The molecule has 1 N–H and O–H groups in total. The van der Waals surface area contributed by atoms with Crippen molar-refractivity contribution in [1.82, 2.24) is 15.1 Å². The molecule has 3 nitrogen and oxygen atoms in total. The number of piperazine rings is 1. The normalized spacial score (nSPS) is 35.6. The van der Waals surface area contributed by atoms with Crippen molar-refractivity contribution in [3.63, 3.8) is 0 Å². The molecule has 0 radical (unpaired) electrons. The first-order valence-electron chi connectivity index (χ1n) is 9.33. The second-order valence-electron chi connectivity index (χ2n) is 8.14. The molecule has 1 aliphatic heterocycles. The molecule has 2 unspecified atom stereocenters. The first-order valence-corrected chi connectivity index (χ1v) is 9.33. The number of nitrogens with one attached hydrogen (secondary N) is 1. The molecule has 0 bridgehead atoms. The van der Waals surface area contributed by atoms with Gasteiger partial charge in [-0.25, -0.2) is 0 Å². The van der Waals surface area contributed by atoms with Gasteiger partial charge >= 0.3 is 0 Å². The molecule has 1 heterocycles. The van der Waals surface area contributed by atoms with E-state index < -0.39 is 0 Å². The van der Waals surface area contributed by atoms with Crippen LogP contribution in [-0.4, -0.2) is 60.6 Å². The topological polar surface area (TPSA) is 18.5 Å². The highest BCUT2D eigenvalue weighted by Crippen LogP contribution is 2.40. The van der Waals surface area contributed by atoms with E-state index in [1.807, 2.05) is 0 Å². The summed E-state index contributed by atoms with van der Waals surface area (Å²) in [6.45, 7) is 13.5. The Morgan fingerprint density at radius 3 is 2.19 bits per heavy atom. The Bertz CT molecular complexity index is 327. The van der Waals surface area contributed by atoms with Crippen LogP contribution in [0.1, 0.15) is 59.3 Å². The van der Waals surface area contributed by atoms with Crippen molar-refractivity contribution in [2.75, 3.05) is 32.7 Å². The zero-order valence-electron chi connectivity index (χ0n) is 14.4. The van der Waals surface area contributed by atoms with Gasteiger partial charge in [0.05, 0.1) is 0 Å². The van der Waals surface area contributed by atoms with Crippen molar-refractivity contribution in [3.8, 4) is 0 Å². The van der Waals surface area contributed by atoms with Gasteiger partial charge in [0.25, 0.3) is 0 Å². The van der Waals surface area contributed by atoms with Crippen LogP contribution in [0, 0.1) is 5.41 Å². The van der Waals surface area contributed by atoms with Crippen molar-refractivity contribution in [3.05, 3.63) is 0 Å². The van der Waals surface area contributed by atoms with E-state index in [1.165, 1.54) is 64.7 Å². The highest BCUT2D eigenvalue weighted by atomic mass is 15.3. The van der Waals surface area contributed by atoms with Crippen LogP contribution in [0.25, 0.3) is 0 Å². The molecule has 3 aliphatic rings. The van der Waals surface area contributed by atoms with Gasteiger partial charge in [0.1, 0.15) is 0 Å². The van der Waals surface area contributed by atoms with Gasteiger partial charge in [-0.05, 0) is 37.6 Å². The van der Waals surface area contributed by atoms with Crippen molar-refractivity contribution >= 4 is 0 Å². The fraction of sp³-hybridized carbons (Fsp3) is 1.00. The number of likely N-dealkylation sites (N-methyl/N-ethyl adjacent to an activating group) is 1. The summed E-state index contributed by atoms with van der Waals surface area (Å²) in [5.74, 6) is 0. The van der Waals surface area contributed by atoms with Crippen molar-refractivity contribution in [2.24, 2.45) is 5.41 Å². The molecule has 1 saturated heterocycles. The van der Waals surface area contributed by atoms with Crippen molar-refractivity contribution in [1.29, 1.82) is 0 Å². The summed E-state index contributed by atoms with van der Waals surface area (Å²) in [4.78, 5) is 5.58. The third-order valence-corrected chi connectivity index (χ3v) is 6.39. The molecule has 122 valence electrons. The standard InChI is InChI=1S/C18H35N3/c1-4-19-17-16(9-10-18(17,2)3)21-13-11-20(12-14-21)15-7-5-6-8-15/h15-17,19H,4-14H2,1-3H3. The highest BCUT2D eigenvalue weighted by Gasteiger charge is 2.44. The molecule has 2 aliphatic carbocycles. The van der Waals surface area contributed by atoms with Gasteiger partial charge in [-0.2, -0.15) is 0 Å². The highest BCUT2D eigenvalue weighted by molar-refractivity contribution is 5.02. The number of hydrogen-bond donors (Lipinski definition) is 1. The van der Waals surface area contributed by atoms with Crippen molar-refractivity contribution < 1.29 is 0 Å². The van der Waals surface area contributed by atoms with Gasteiger partial charge in [0.2, 0.25) is 0 Å². The Kier molecular flexibility index (Phi) is 4.92. The monoisotopic (exact) mass is 293 g/mol. The van der Waals surface area contributed by atoms with E-state index in [1.54, 1.807) is 0 Å². The Hall–Kier alpha value is -0.120. The molecule has 0 aromatic rings. The van der Waals surface area contributed by atoms with Gasteiger partial charge in [-0.3, -0.25) is 9.80 Å². The fourth-order valence-electron chi connectivity index (χ4n) is 5.09. The molecular weight excluding hydrogens is 258 g/mol. The molecule has 2 saturated carbocycles. The minimum absolute atomic E-state index is 0.462. The Balaban J connectivity index is 1.56.